The minimum absolute atomic E-state index is 0.105. The maximum absolute atomic E-state index is 11.8. The van der Waals surface area contributed by atoms with E-state index in [1.807, 2.05) is 0 Å². The van der Waals surface area contributed by atoms with Crippen LogP contribution in [0.25, 0.3) is 0 Å². The van der Waals surface area contributed by atoms with E-state index in [1.165, 1.54) is 0 Å². The molecule has 1 amide bonds. The highest BCUT2D eigenvalue weighted by Gasteiger charge is 2.17. The van der Waals surface area contributed by atoms with Gasteiger partial charge in [-0.2, -0.15) is 0 Å². The van der Waals surface area contributed by atoms with Crippen LogP contribution in [0.3, 0.4) is 0 Å². The summed E-state index contributed by atoms with van der Waals surface area (Å²) in [6, 6.07) is 5.31. The van der Waals surface area contributed by atoms with Crippen molar-refractivity contribution in [3.8, 4) is 0 Å². The number of fused-ring (bicyclic) bond motifs is 1. The van der Waals surface area contributed by atoms with E-state index in [-0.39, 0.29) is 11.8 Å². The zero-order chi connectivity index (χ0) is 12.3. The van der Waals surface area contributed by atoms with Gasteiger partial charge in [0.1, 0.15) is 5.84 Å². The molecule has 0 aromatic heterocycles. The first-order valence-corrected chi connectivity index (χ1v) is 5.80. The number of anilines is 1. The molecule has 0 atom stereocenters. The minimum atomic E-state index is -0.105. The minimum Gasteiger partial charge on any atom is -0.386 e. The van der Waals surface area contributed by atoms with Crippen LogP contribution in [0.1, 0.15) is 10.4 Å². The summed E-state index contributed by atoms with van der Waals surface area (Å²) in [5, 5.41) is 5.95. The summed E-state index contributed by atoms with van der Waals surface area (Å²) in [5.41, 5.74) is 7.52. The summed E-state index contributed by atoms with van der Waals surface area (Å²) in [5.74, 6) is 0.383. The maximum Gasteiger partial charge on any atom is 0.253 e. The van der Waals surface area contributed by atoms with Gasteiger partial charge in [-0.25, -0.2) is 4.99 Å². The molecule has 17 heavy (non-hydrogen) atoms. The molecule has 4 N–H and O–H groups in total. The molecule has 90 valence electrons. The predicted molar refractivity (Wildman–Crippen MR) is 69.3 cm³/mol. The number of benzene rings is 1. The number of para-hydroxylation sites is 1. The van der Waals surface area contributed by atoms with Crippen molar-refractivity contribution < 1.29 is 4.79 Å². The molecule has 0 saturated carbocycles. The van der Waals surface area contributed by atoms with Crippen molar-refractivity contribution in [1.82, 2.24) is 5.32 Å². The standard InChI is InChI=1S/C11H13ClN4O/c12-6-9(13)16-8-3-1-2-7-10(8)14-4-5-15-11(7)17/h1-3,14H,4-6H2,(H2,13,16)(H,15,17). The fraction of sp³-hybridized carbons (Fsp3) is 0.273. The molecule has 1 aliphatic heterocycles. The zero-order valence-electron chi connectivity index (χ0n) is 9.16. The van der Waals surface area contributed by atoms with E-state index >= 15 is 0 Å². The van der Waals surface area contributed by atoms with Crippen LogP contribution >= 0.6 is 11.6 Å². The molecule has 0 unspecified atom stereocenters. The number of aliphatic imine (C=N–C) groups is 1. The van der Waals surface area contributed by atoms with E-state index in [4.69, 9.17) is 17.3 Å². The van der Waals surface area contributed by atoms with Crippen molar-refractivity contribution >= 4 is 34.7 Å². The summed E-state index contributed by atoms with van der Waals surface area (Å²) in [7, 11) is 0. The van der Waals surface area contributed by atoms with Crippen LogP contribution in [-0.4, -0.2) is 30.7 Å². The summed E-state index contributed by atoms with van der Waals surface area (Å²) in [6.07, 6.45) is 0. The van der Waals surface area contributed by atoms with E-state index in [1.54, 1.807) is 18.2 Å². The van der Waals surface area contributed by atoms with Gasteiger partial charge in [0.25, 0.3) is 5.91 Å². The SMILES string of the molecule is NC(CCl)=Nc1cccc2c1NCCNC2=O. The van der Waals surface area contributed by atoms with Crippen molar-refractivity contribution in [2.75, 3.05) is 24.3 Å². The van der Waals surface area contributed by atoms with Crippen LogP contribution in [0.15, 0.2) is 23.2 Å². The normalized spacial score (nSPS) is 15.6. The van der Waals surface area contributed by atoms with Gasteiger partial charge in [0.15, 0.2) is 0 Å². The van der Waals surface area contributed by atoms with Crippen LogP contribution in [0.5, 0.6) is 0 Å². The third-order valence-electron chi connectivity index (χ3n) is 2.40. The zero-order valence-corrected chi connectivity index (χ0v) is 9.92. The van der Waals surface area contributed by atoms with Gasteiger partial charge in [-0.1, -0.05) is 6.07 Å². The Morgan fingerprint density at radius 1 is 1.41 bits per heavy atom. The lowest BCUT2D eigenvalue weighted by atomic mass is 10.1. The second-order valence-corrected chi connectivity index (χ2v) is 3.89. The van der Waals surface area contributed by atoms with Gasteiger partial charge in [0.05, 0.1) is 22.8 Å². The molecule has 0 fully saturated rings. The molecule has 5 nitrogen and oxygen atoms in total. The maximum atomic E-state index is 11.8. The van der Waals surface area contributed by atoms with Crippen LogP contribution in [0.2, 0.25) is 0 Å². The number of amides is 1. The second kappa shape index (κ2) is 5.05. The van der Waals surface area contributed by atoms with Gasteiger partial charge in [0.2, 0.25) is 0 Å². The second-order valence-electron chi connectivity index (χ2n) is 3.62. The number of halogens is 1. The Balaban J connectivity index is 2.48. The van der Waals surface area contributed by atoms with Crippen LogP contribution < -0.4 is 16.4 Å². The number of nitrogens with zero attached hydrogens (tertiary/aromatic N) is 1. The highest BCUT2D eigenvalue weighted by molar-refractivity contribution is 6.28. The molecule has 0 bridgehead atoms. The molecule has 1 aromatic carbocycles. The number of carbonyl (C=O) groups is 1. The lowest BCUT2D eigenvalue weighted by Gasteiger charge is -2.09. The number of nitrogens with two attached hydrogens (primary N) is 1. The van der Waals surface area contributed by atoms with Gasteiger partial charge >= 0.3 is 0 Å². The van der Waals surface area contributed by atoms with Crippen molar-refractivity contribution in [1.29, 1.82) is 0 Å². The van der Waals surface area contributed by atoms with E-state index in [2.05, 4.69) is 15.6 Å². The average molecular weight is 253 g/mol. The van der Waals surface area contributed by atoms with Crippen LogP contribution in [0.4, 0.5) is 11.4 Å². The van der Waals surface area contributed by atoms with Crippen molar-refractivity contribution in [2.45, 2.75) is 0 Å². The van der Waals surface area contributed by atoms with Crippen molar-refractivity contribution in [3.05, 3.63) is 23.8 Å². The topological polar surface area (TPSA) is 79.5 Å². The summed E-state index contributed by atoms with van der Waals surface area (Å²) in [4.78, 5) is 15.9. The van der Waals surface area contributed by atoms with E-state index < -0.39 is 0 Å². The predicted octanol–water partition coefficient (Wildman–Crippen LogP) is 1.07. The number of carbonyl (C=O) groups excluding carboxylic acids is 1. The molecule has 0 radical (unpaired) electrons. The van der Waals surface area contributed by atoms with Crippen LogP contribution in [0, 0.1) is 0 Å². The third-order valence-corrected chi connectivity index (χ3v) is 2.67. The molecule has 0 spiro atoms. The Kier molecular flexibility index (Phi) is 3.49. The Labute approximate surface area is 104 Å². The Bertz CT molecular complexity index is 473. The number of alkyl halides is 1. The Morgan fingerprint density at radius 2 is 2.18 bits per heavy atom. The Hall–Kier alpha value is -1.75. The molecule has 1 aliphatic rings. The molecule has 0 saturated heterocycles. The van der Waals surface area contributed by atoms with Gasteiger partial charge < -0.3 is 16.4 Å². The number of hydrogen-bond acceptors (Lipinski definition) is 3. The molecule has 6 heteroatoms. The first kappa shape index (κ1) is 11.7. The first-order valence-electron chi connectivity index (χ1n) is 5.26. The fourth-order valence-corrected chi connectivity index (χ4v) is 1.71. The Morgan fingerprint density at radius 3 is 2.94 bits per heavy atom. The lowest BCUT2D eigenvalue weighted by molar-refractivity contribution is 0.0958. The van der Waals surface area contributed by atoms with Crippen molar-refractivity contribution in [2.24, 2.45) is 10.7 Å². The quantitative estimate of drug-likeness (QED) is 0.418. The van der Waals surface area contributed by atoms with E-state index in [0.29, 0.717) is 35.9 Å². The largest absolute Gasteiger partial charge is 0.386 e. The number of nitrogens with one attached hydrogen (secondary N) is 2. The average Bonchev–Trinajstić information content (AvgIpc) is 2.53. The first-order chi connectivity index (χ1) is 8.22. The highest BCUT2D eigenvalue weighted by Crippen LogP contribution is 2.29. The van der Waals surface area contributed by atoms with Gasteiger partial charge in [-0.15, -0.1) is 11.6 Å². The third kappa shape index (κ3) is 2.50. The fourth-order valence-electron chi connectivity index (χ4n) is 1.65. The lowest BCUT2D eigenvalue weighted by Crippen LogP contribution is -2.24. The van der Waals surface area contributed by atoms with Gasteiger partial charge in [-0.3, -0.25) is 4.79 Å². The molecular formula is C11H13ClN4O. The molecule has 1 heterocycles. The summed E-state index contributed by atoms with van der Waals surface area (Å²) >= 11 is 5.59. The van der Waals surface area contributed by atoms with Crippen molar-refractivity contribution in [3.63, 3.8) is 0 Å². The number of hydrogen-bond donors (Lipinski definition) is 3. The molecular weight excluding hydrogens is 240 g/mol. The molecule has 2 rings (SSSR count). The monoisotopic (exact) mass is 252 g/mol. The smallest absolute Gasteiger partial charge is 0.253 e. The molecule has 0 aliphatic carbocycles. The summed E-state index contributed by atoms with van der Waals surface area (Å²) < 4.78 is 0. The highest BCUT2D eigenvalue weighted by atomic mass is 35.5. The van der Waals surface area contributed by atoms with Crippen LogP contribution in [-0.2, 0) is 0 Å². The van der Waals surface area contributed by atoms with E-state index in [0.717, 1.165) is 0 Å². The van der Waals surface area contributed by atoms with Gasteiger partial charge in [0, 0.05) is 13.1 Å². The summed E-state index contributed by atoms with van der Waals surface area (Å²) in [6.45, 7) is 1.24. The van der Waals surface area contributed by atoms with Gasteiger partial charge in [-0.05, 0) is 12.1 Å². The number of rotatable bonds is 2. The number of amidine groups is 1. The molecule has 1 aromatic rings. The van der Waals surface area contributed by atoms with E-state index in [9.17, 15) is 4.79 Å².